The highest BCUT2D eigenvalue weighted by atomic mass is 32.2. The van der Waals surface area contributed by atoms with Gasteiger partial charge in [0.15, 0.2) is 10.1 Å². The molecule has 0 saturated heterocycles. The Morgan fingerprint density at radius 2 is 1.77 bits per heavy atom. The Balaban J connectivity index is 1.21. The van der Waals surface area contributed by atoms with Gasteiger partial charge < -0.3 is 5.32 Å². The Morgan fingerprint density at radius 1 is 1.00 bits per heavy atom. The number of amides is 1. The van der Waals surface area contributed by atoms with Crippen molar-refractivity contribution in [1.82, 2.24) is 4.98 Å². The third-order valence-electron chi connectivity index (χ3n) is 6.65. The highest BCUT2D eigenvalue weighted by Gasteiger charge is 2.16. The van der Waals surface area contributed by atoms with Crippen molar-refractivity contribution >= 4 is 50.7 Å². The summed E-state index contributed by atoms with van der Waals surface area (Å²) in [7, 11) is 0. The summed E-state index contributed by atoms with van der Waals surface area (Å²) in [5, 5.41) is 2.98. The van der Waals surface area contributed by atoms with Gasteiger partial charge in [-0.25, -0.2) is 4.98 Å². The minimum Gasteiger partial charge on any atom is -0.322 e. The lowest BCUT2D eigenvalue weighted by Gasteiger charge is -2.22. The zero-order valence-electron chi connectivity index (χ0n) is 19.8. The van der Waals surface area contributed by atoms with Crippen LogP contribution in [-0.2, 0) is 0 Å². The standard InChI is InChI=1S/C29H28N2O2S2/c1-19-7-5-6-10-24(19)28(33)30-23-15-16-25-27(17-23)35-29(31-25)34-18-26(32)22-13-11-21(12-14-22)20-8-3-2-4-9-20/h5-7,10-17,20H,2-4,8-9,18H2,1H3,(H,30,33). The third-order valence-corrected chi connectivity index (χ3v) is 8.81. The number of thioether (sulfide) groups is 1. The number of rotatable bonds is 7. The van der Waals surface area contributed by atoms with Crippen LogP contribution < -0.4 is 5.32 Å². The number of thiazole rings is 1. The summed E-state index contributed by atoms with van der Waals surface area (Å²) < 4.78 is 1.84. The minimum absolute atomic E-state index is 0.121. The molecule has 4 nitrogen and oxygen atoms in total. The minimum atomic E-state index is -0.123. The Labute approximate surface area is 214 Å². The third kappa shape index (κ3) is 5.65. The van der Waals surface area contributed by atoms with Crippen LogP contribution in [0.1, 0.15) is 69.9 Å². The molecule has 1 aromatic heterocycles. The second kappa shape index (κ2) is 10.8. The van der Waals surface area contributed by atoms with Crippen molar-refractivity contribution in [2.45, 2.75) is 49.3 Å². The molecular formula is C29H28N2O2S2. The van der Waals surface area contributed by atoms with Gasteiger partial charge in [0.25, 0.3) is 5.91 Å². The Bertz CT molecular complexity index is 1350. The van der Waals surface area contributed by atoms with E-state index in [2.05, 4.69) is 22.4 Å². The van der Waals surface area contributed by atoms with Crippen LogP contribution in [0.4, 0.5) is 5.69 Å². The molecule has 4 aromatic rings. The van der Waals surface area contributed by atoms with Gasteiger partial charge in [-0.3, -0.25) is 9.59 Å². The number of anilines is 1. The van der Waals surface area contributed by atoms with E-state index in [0.29, 0.717) is 17.2 Å². The lowest BCUT2D eigenvalue weighted by molar-refractivity contribution is 0.101. The summed E-state index contributed by atoms with van der Waals surface area (Å²) in [5.41, 5.74) is 5.34. The van der Waals surface area contributed by atoms with Gasteiger partial charge in [-0.05, 0) is 61.1 Å². The molecule has 1 amide bonds. The van der Waals surface area contributed by atoms with Crippen molar-refractivity contribution in [3.63, 3.8) is 0 Å². The number of Topliss-reactive ketones (excluding diaryl/α,β-unsaturated/α-hetero) is 1. The van der Waals surface area contributed by atoms with Crippen molar-refractivity contribution in [3.05, 3.63) is 89.0 Å². The lowest BCUT2D eigenvalue weighted by atomic mass is 9.84. The molecule has 178 valence electrons. The SMILES string of the molecule is Cc1ccccc1C(=O)Nc1ccc2nc(SCC(=O)c3ccc(C4CCCCC4)cc3)sc2c1. The summed E-state index contributed by atoms with van der Waals surface area (Å²) in [4.78, 5) is 30.1. The highest BCUT2D eigenvalue weighted by Crippen LogP contribution is 2.34. The number of nitrogens with one attached hydrogen (secondary N) is 1. The van der Waals surface area contributed by atoms with Crippen molar-refractivity contribution in [1.29, 1.82) is 0 Å². The largest absolute Gasteiger partial charge is 0.322 e. The molecule has 0 unspecified atom stereocenters. The first kappa shape index (κ1) is 23.8. The van der Waals surface area contributed by atoms with Crippen molar-refractivity contribution in [2.75, 3.05) is 11.1 Å². The fourth-order valence-corrected chi connectivity index (χ4v) is 6.66. The molecule has 0 radical (unpaired) electrons. The van der Waals surface area contributed by atoms with Crippen LogP contribution in [0, 0.1) is 6.92 Å². The number of carbonyl (C=O) groups excluding carboxylic acids is 2. The molecule has 1 heterocycles. The molecular weight excluding hydrogens is 472 g/mol. The molecule has 0 bridgehead atoms. The van der Waals surface area contributed by atoms with Crippen molar-refractivity contribution < 1.29 is 9.59 Å². The van der Waals surface area contributed by atoms with Crippen LogP contribution in [0.25, 0.3) is 10.2 Å². The average Bonchev–Trinajstić information content (AvgIpc) is 3.30. The van der Waals surface area contributed by atoms with E-state index in [-0.39, 0.29) is 11.7 Å². The second-order valence-corrected chi connectivity index (χ2v) is 11.4. The van der Waals surface area contributed by atoms with E-state index >= 15 is 0 Å². The summed E-state index contributed by atoms with van der Waals surface area (Å²) in [6.45, 7) is 1.93. The predicted octanol–water partition coefficient (Wildman–Crippen LogP) is 7.88. The fraction of sp³-hybridized carbons (Fsp3) is 0.276. The molecule has 35 heavy (non-hydrogen) atoms. The highest BCUT2D eigenvalue weighted by molar-refractivity contribution is 8.01. The quantitative estimate of drug-likeness (QED) is 0.207. The monoisotopic (exact) mass is 500 g/mol. The van der Waals surface area contributed by atoms with Crippen LogP contribution >= 0.6 is 23.1 Å². The van der Waals surface area contributed by atoms with Gasteiger partial charge in [0.2, 0.25) is 0 Å². The summed E-state index contributed by atoms with van der Waals surface area (Å²) in [6.07, 6.45) is 6.49. The maximum atomic E-state index is 12.8. The first-order valence-electron chi connectivity index (χ1n) is 12.1. The Kier molecular flexibility index (Phi) is 7.30. The average molecular weight is 501 g/mol. The molecule has 1 aliphatic carbocycles. The number of ketones is 1. The topological polar surface area (TPSA) is 59.1 Å². The van der Waals surface area contributed by atoms with E-state index in [4.69, 9.17) is 0 Å². The molecule has 0 aliphatic heterocycles. The number of benzene rings is 3. The molecule has 1 aliphatic rings. The van der Waals surface area contributed by atoms with Gasteiger partial charge in [0.05, 0.1) is 16.0 Å². The van der Waals surface area contributed by atoms with E-state index < -0.39 is 0 Å². The zero-order valence-corrected chi connectivity index (χ0v) is 21.4. The second-order valence-electron chi connectivity index (χ2n) is 9.10. The summed E-state index contributed by atoms with van der Waals surface area (Å²) in [6, 6.07) is 21.5. The van der Waals surface area contributed by atoms with Gasteiger partial charge in [0.1, 0.15) is 0 Å². The van der Waals surface area contributed by atoms with Gasteiger partial charge in [-0.15, -0.1) is 11.3 Å². The number of fused-ring (bicyclic) bond motifs is 1. The van der Waals surface area contributed by atoms with Gasteiger partial charge in [-0.1, -0.05) is 73.5 Å². The molecule has 3 aromatic carbocycles. The van der Waals surface area contributed by atoms with E-state index in [1.54, 1.807) is 11.3 Å². The maximum absolute atomic E-state index is 12.8. The number of hydrogen-bond acceptors (Lipinski definition) is 5. The molecule has 1 saturated carbocycles. The van der Waals surface area contributed by atoms with E-state index in [9.17, 15) is 9.59 Å². The van der Waals surface area contributed by atoms with E-state index in [1.807, 2.05) is 61.5 Å². The normalized spacial score (nSPS) is 14.2. The van der Waals surface area contributed by atoms with Crippen LogP contribution in [-0.4, -0.2) is 22.4 Å². The van der Waals surface area contributed by atoms with Gasteiger partial charge in [0, 0.05) is 16.8 Å². The Hall–Kier alpha value is -2.96. The first-order chi connectivity index (χ1) is 17.1. The number of nitrogens with zero attached hydrogens (tertiary/aromatic N) is 1. The molecule has 1 fully saturated rings. The van der Waals surface area contributed by atoms with E-state index in [1.165, 1.54) is 49.4 Å². The Morgan fingerprint density at radius 3 is 2.54 bits per heavy atom. The lowest BCUT2D eigenvalue weighted by Crippen LogP contribution is -2.13. The number of aromatic nitrogens is 1. The molecule has 1 N–H and O–H groups in total. The van der Waals surface area contributed by atoms with Gasteiger partial charge >= 0.3 is 0 Å². The van der Waals surface area contributed by atoms with Crippen molar-refractivity contribution in [3.8, 4) is 0 Å². The van der Waals surface area contributed by atoms with Crippen LogP contribution in [0.15, 0.2) is 71.1 Å². The molecule has 0 atom stereocenters. The molecule has 0 spiro atoms. The van der Waals surface area contributed by atoms with Crippen LogP contribution in [0.2, 0.25) is 0 Å². The van der Waals surface area contributed by atoms with Crippen LogP contribution in [0.5, 0.6) is 0 Å². The zero-order chi connectivity index (χ0) is 24.2. The molecule has 5 rings (SSSR count). The number of carbonyl (C=O) groups is 2. The smallest absolute Gasteiger partial charge is 0.255 e. The number of aryl methyl sites for hydroxylation is 1. The predicted molar refractivity (Wildman–Crippen MR) is 146 cm³/mol. The number of hydrogen-bond donors (Lipinski definition) is 1. The summed E-state index contributed by atoms with van der Waals surface area (Å²) in [5.74, 6) is 1.01. The maximum Gasteiger partial charge on any atom is 0.255 e. The summed E-state index contributed by atoms with van der Waals surface area (Å²) >= 11 is 3.01. The fourth-order valence-electron chi connectivity index (χ4n) is 4.66. The van der Waals surface area contributed by atoms with E-state index in [0.717, 1.165) is 31.4 Å². The van der Waals surface area contributed by atoms with Crippen molar-refractivity contribution in [2.24, 2.45) is 0 Å². The van der Waals surface area contributed by atoms with Gasteiger partial charge in [-0.2, -0.15) is 0 Å². The first-order valence-corrected chi connectivity index (χ1v) is 13.9. The van der Waals surface area contributed by atoms with Crippen LogP contribution in [0.3, 0.4) is 0 Å². The molecule has 6 heteroatoms.